The molecule has 116 valence electrons. The maximum atomic E-state index is 6.44. The Hall–Kier alpha value is -0.120. The molecule has 4 atom stereocenters. The molecule has 3 rings (SSSR count). The van der Waals surface area contributed by atoms with E-state index in [0.29, 0.717) is 30.3 Å². The molecule has 0 aromatic heterocycles. The van der Waals surface area contributed by atoms with Crippen LogP contribution in [0.2, 0.25) is 0 Å². The minimum Gasteiger partial charge on any atom is -0.373 e. The highest BCUT2D eigenvalue weighted by Crippen LogP contribution is 2.29. The second-order valence-electron chi connectivity index (χ2n) is 7.19. The molecule has 0 aromatic rings. The third kappa shape index (κ3) is 3.75. The molecule has 3 nitrogen and oxygen atoms in total. The van der Waals surface area contributed by atoms with Crippen LogP contribution in [0.5, 0.6) is 0 Å². The molecule has 0 spiro atoms. The number of nitrogens with one attached hydrogen (secondary N) is 1. The summed E-state index contributed by atoms with van der Waals surface area (Å²) in [4.78, 5) is 0. The molecule has 0 saturated heterocycles. The van der Waals surface area contributed by atoms with Gasteiger partial charge in [-0.25, -0.2) is 0 Å². The molecule has 0 amide bonds. The minimum atomic E-state index is 0.359. The first-order valence-corrected chi connectivity index (χ1v) is 9.00. The van der Waals surface area contributed by atoms with Gasteiger partial charge in [0.1, 0.15) is 0 Å². The molecule has 0 bridgehead atoms. The second kappa shape index (κ2) is 7.24. The zero-order chi connectivity index (χ0) is 13.8. The second-order valence-corrected chi connectivity index (χ2v) is 7.19. The molecule has 0 heterocycles. The number of ether oxygens (including phenoxy) is 1. The van der Waals surface area contributed by atoms with E-state index in [1.165, 1.54) is 77.0 Å². The topological polar surface area (TPSA) is 47.3 Å². The van der Waals surface area contributed by atoms with Gasteiger partial charge < -0.3 is 15.8 Å². The van der Waals surface area contributed by atoms with Crippen LogP contribution >= 0.6 is 0 Å². The standard InChI is InChI=1S/C17H32N2O/c18-14-9-3-4-10-15(14)19-16-11-5-6-12-17(16)20-13-7-1-2-8-13/h13-17,19H,1-12,18H2. The van der Waals surface area contributed by atoms with Gasteiger partial charge in [-0.3, -0.25) is 0 Å². The van der Waals surface area contributed by atoms with E-state index >= 15 is 0 Å². The van der Waals surface area contributed by atoms with E-state index in [4.69, 9.17) is 10.5 Å². The highest BCUT2D eigenvalue weighted by molar-refractivity contribution is 4.91. The van der Waals surface area contributed by atoms with Crippen molar-refractivity contribution in [1.82, 2.24) is 5.32 Å². The van der Waals surface area contributed by atoms with Crippen molar-refractivity contribution in [3.63, 3.8) is 0 Å². The summed E-state index contributed by atoms with van der Waals surface area (Å²) in [6.07, 6.45) is 16.6. The van der Waals surface area contributed by atoms with E-state index in [0.717, 1.165) is 0 Å². The molecule has 20 heavy (non-hydrogen) atoms. The van der Waals surface area contributed by atoms with Gasteiger partial charge in [0.05, 0.1) is 12.2 Å². The van der Waals surface area contributed by atoms with Crippen LogP contribution in [0.1, 0.15) is 77.0 Å². The van der Waals surface area contributed by atoms with Gasteiger partial charge in [-0.2, -0.15) is 0 Å². The summed E-state index contributed by atoms with van der Waals surface area (Å²) >= 11 is 0. The smallest absolute Gasteiger partial charge is 0.0731 e. The highest BCUT2D eigenvalue weighted by atomic mass is 16.5. The zero-order valence-corrected chi connectivity index (χ0v) is 12.9. The number of nitrogens with two attached hydrogens (primary N) is 1. The Morgan fingerprint density at radius 3 is 2.05 bits per heavy atom. The summed E-state index contributed by atoms with van der Waals surface area (Å²) in [6, 6.07) is 1.44. The summed E-state index contributed by atoms with van der Waals surface area (Å²) in [6.45, 7) is 0. The molecule has 3 aliphatic carbocycles. The van der Waals surface area contributed by atoms with E-state index in [2.05, 4.69) is 5.32 Å². The quantitative estimate of drug-likeness (QED) is 0.832. The Bertz CT molecular complexity index is 291. The summed E-state index contributed by atoms with van der Waals surface area (Å²) in [5.74, 6) is 0. The SMILES string of the molecule is NC1CCCCC1NC1CCCCC1OC1CCCC1. The Labute approximate surface area is 124 Å². The largest absolute Gasteiger partial charge is 0.373 e. The maximum Gasteiger partial charge on any atom is 0.0731 e. The predicted molar refractivity (Wildman–Crippen MR) is 82.8 cm³/mol. The van der Waals surface area contributed by atoms with Crippen LogP contribution in [0.4, 0.5) is 0 Å². The molecule has 3 heteroatoms. The molecular formula is C17H32N2O. The first-order chi connectivity index (χ1) is 9.83. The van der Waals surface area contributed by atoms with Crippen molar-refractivity contribution in [1.29, 1.82) is 0 Å². The van der Waals surface area contributed by atoms with E-state index in [1.54, 1.807) is 0 Å². The third-order valence-corrected chi connectivity index (χ3v) is 5.62. The lowest BCUT2D eigenvalue weighted by Gasteiger charge is -2.39. The van der Waals surface area contributed by atoms with Crippen LogP contribution < -0.4 is 11.1 Å². The first kappa shape index (κ1) is 14.8. The monoisotopic (exact) mass is 280 g/mol. The molecule has 3 aliphatic rings. The molecule has 0 aromatic carbocycles. The zero-order valence-electron chi connectivity index (χ0n) is 12.9. The van der Waals surface area contributed by atoms with Gasteiger partial charge in [-0.05, 0) is 38.5 Å². The summed E-state index contributed by atoms with van der Waals surface area (Å²) in [7, 11) is 0. The van der Waals surface area contributed by atoms with Crippen molar-refractivity contribution in [2.24, 2.45) is 5.73 Å². The van der Waals surface area contributed by atoms with Crippen molar-refractivity contribution in [2.45, 2.75) is 107 Å². The highest BCUT2D eigenvalue weighted by Gasteiger charge is 2.32. The van der Waals surface area contributed by atoms with Crippen LogP contribution in [0.15, 0.2) is 0 Å². The Morgan fingerprint density at radius 2 is 1.30 bits per heavy atom. The van der Waals surface area contributed by atoms with Gasteiger partial charge in [0, 0.05) is 18.1 Å². The molecule has 3 N–H and O–H groups in total. The normalized spacial score (nSPS) is 40.0. The Morgan fingerprint density at radius 1 is 0.700 bits per heavy atom. The lowest BCUT2D eigenvalue weighted by atomic mass is 9.87. The lowest BCUT2D eigenvalue weighted by molar-refractivity contribution is -0.0465. The fraction of sp³-hybridized carbons (Fsp3) is 1.00. The van der Waals surface area contributed by atoms with E-state index in [1.807, 2.05) is 0 Å². The third-order valence-electron chi connectivity index (χ3n) is 5.62. The van der Waals surface area contributed by atoms with Crippen LogP contribution in [-0.4, -0.2) is 30.3 Å². The van der Waals surface area contributed by atoms with Gasteiger partial charge in [-0.15, -0.1) is 0 Å². The van der Waals surface area contributed by atoms with Gasteiger partial charge in [0.15, 0.2) is 0 Å². The number of hydrogen-bond donors (Lipinski definition) is 2. The van der Waals surface area contributed by atoms with Gasteiger partial charge in [-0.1, -0.05) is 38.5 Å². The molecule has 3 saturated carbocycles. The average Bonchev–Trinajstić information content (AvgIpc) is 2.96. The summed E-state index contributed by atoms with van der Waals surface area (Å²) < 4.78 is 6.44. The van der Waals surface area contributed by atoms with Gasteiger partial charge >= 0.3 is 0 Å². The number of rotatable bonds is 4. The minimum absolute atomic E-state index is 0.359. The maximum absolute atomic E-state index is 6.44. The predicted octanol–water partition coefficient (Wildman–Crippen LogP) is 3.12. The fourth-order valence-corrected chi connectivity index (χ4v) is 4.36. The van der Waals surface area contributed by atoms with E-state index < -0.39 is 0 Å². The van der Waals surface area contributed by atoms with Crippen molar-refractivity contribution in [3.8, 4) is 0 Å². The molecule has 3 fully saturated rings. The first-order valence-electron chi connectivity index (χ1n) is 9.00. The van der Waals surface area contributed by atoms with Crippen LogP contribution in [0, 0.1) is 0 Å². The summed E-state index contributed by atoms with van der Waals surface area (Å²) in [5, 5.41) is 3.88. The van der Waals surface area contributed by atoms with Crippen molar-refractivity contribution >= 4 is 0 Å². The fourth-order valence-electron chi connectivity index (χ4n) is 4.36. The van der Waals surface area contributed by atoms with Crippen LogP contribution in [0.3, 0.4) is 0 Å². The van der Waals surface area contributed by atoms with Crippen LogP contribution in [0.25, 0.3) is 0 Å². The molecule has 0 aliphatic heterocycles. The van der Waals surface area contributed by atoms with Gasteiger partial charge in [0.2, 0.25) is 0 Å². The van der Waals surface area contributed by atoms with Crippen molar-refractivity contribution < 1.29 is 4.74 Å². The Balaban J connectivity index is 1.53. The molecule has 4 unspecified atom stereocenters. The molecule has 0 radical (unpaired) electrons. The van der Waals surface area contributed by atoms with E-state index in [9.17, 15) is 0 Å². The molecular weight excluding hydrogens is 248 g/mol. The van der Waals surface area contributed by atoms with E-state index in [-0.39, 0.29) is 0 Å². The average molecular weight is 280 g/mol. The lowest BCUT2D eigenvalue weighted by Crippen LogP contribution is -2.55. The van der Waals surface area contributed by atoms with Crippen molar-refractivity contribution in [3.05, 3.63) is 0 Å². The van der Waals surface area contributed by atoms with Crippen LogP contribution in [-0.2, 0) is 4.74 Å². The van der Waals surface area contributed by atoms with Gasteiger partial charge in [0.25, 0.3) is 0 Å². The summed E-state index contributed by atoms with van der Waals surface area (Å²) in [5.41, 5.74) is 6.30. The Kier molecular flexibility index (Phi) is 5.36. The van der Waals surface area contributed by atoms with Crippen molar-refractivity contribution in [2.75, 3.05) is 0 Å². The number of hydrogen-bond acceptors (Lipinski definition) is 3.